The summed E-state index contributed by atoms with van der Waals surface area (Å²) < 4.78 is 0. The summed E-state index contributed by atoms with van der Waals surface area (Å²) in [6.45, 7) is 10.4. The molecule has 2 heteroatoms. The second-order valence-electron chi connectivity index (χ2n) is 2.99. The van der Waals surface area contributed by atoms with Crippen LogP contribution in [0.4, 0.5) is 0 Å². The minimum absolute atomic E-state index is 1.20. The fourth-order valence-electron chi connectivity index (χ4n) is 1.08. The highest BCUT2D eigenvalue weighted by Gasteiger charge is 1.97. The molecule has 0 heterocycles. The van der Waals surface area contributed by atoms with Crippen molar-refractivity contribution < 1.29 is 0 Å². The maximum atomic E-state index is 2.49. The van der Waals surface area contributed by atoms with Gasteiger partial charge in [0.25, 0.3) is 0 Å². The topological polar surface area (TPSA) is 3.24 Å². The van der Waals surface area contributed by atoms with Gasteiger partial charge in [0.05, 0.1) is 0 Å². The van der Waals surface area contributed by atoms with Crippen molar-refractivity contribution >= 4 is 11.8 Å². The zero-order valence-corrected chi connectivity index (χ0v) is 9.62. The molecule has 0 aromatic heterocycles. The Hall–Kier alpha value is 0.310. The van der Waals surface area contributed by atoms with E-state index < -0.39 is 0 Å². The summed E-state index contributed by atoms with van der Waals surface area (Å²) in [6, 6.07) is 0. The van der Waals surface area contributed by atoms with E-state index in [-0.39, 0.29) is 0 Å². The molecule has 0 aromatic carbocycles. The normalized spacial score (nSPS) is 11.0. The van der Waals surface area contributed by atoms with Gasteiger partial charge in [0, 0.05) is 12.3 Å². The average Bonchev–Trinajstić information content (AvgIpc) is 2.11. The Morgan fingerprint density at radius 2 is 1.67 bits per heavy atom. The quantitative estimate of drug-likeness (QED) is 0.540. The maximum absolute atomic E-state index is 2.49. The van der Waals surface area contributed by atoms with Gasteiger partial charge in [-0.1, -0.05) is 27.2 Å². The minimum atomic E-state index is 1.20. The van der Waals surface area contributed by atoms with Crippen molar-refractivity contribution in [3.05, 3.63) is 0 Å². The van der Waals surface area contributed by atoms with E-state index >= 15 is 0 Å². The van der Waals surface area contributed by atoms with Crippen molar-refractivity contribution in [2.75, 3.05) is 31.1 Å². The van der Waals surface area contributed by atoms with Crippen molar-refractivity contribution in [3.8, 4) is 0 Å². The zero-order valence-electron chi connectivity index (χ0n) is 8.81. The molecule has 0 saturated carbocycles. The third-order valence-electron chi connectivity index (χ3n) is 2.09. The van der Waals surface area contributed by atoms with Crippen LogP contribution in [0.3, 0.4) is 0 Å². The molecule has 0 aliphatic carbocycles. The molecular formula is C10H23NS. The molecule has 0 amide bonds. The van der Waals surface area contributed by atoms with Gasteiger partial charge in [-0.15, -0.1) is 0 Å². The summed E-state index contributed by atoms with van der Waals surface area (Å²) >= 11 is 2.10. The summed E-state index contributed by atoms with van der Waals surface area (Å²) in [4.78, 5) is 2.49. The van der Waals surface area contributed by atoms with Crippen LogP contribution >= 0.6 is 11.8 Å². The fraction of sp³-hybridized carbons (Fsp3) is 1.00. The fourth-order valence-corrected chi connectivity index (χ4v) is 2.17. The third-order valence-corrected chi connectivity index (χ3v) is 3.14. The van der Waals surface area contributed by atoms with Crippen LogP contribution < -0.4 is 0 Å². The molecule has 0 N–H and O–H groups in total. The molecule has 0 fully saturated rings. The summed E-state index contributed by atoms with van der Waals surface area (Å²) in [5, 5.41) is 0. The molecule has 74 valence electrons. The standard InChI is InChI=1S/C10H23NS/c1-4-7-9-12-10-8-11(5-2)6-3/h4-10H2,1-3H3. The Kier molecular flexibility index (Phi) is 9.64. The molecule has 0 unspecified atom stereocenters. The highest BCUT2D eigenvalue weighted by atomic mass is 32.2. The first-order chi connectivity index (χ1) is 5.85. The van der Waals surface area contributed by atoms with Gasteiger partial charge < -0.3 is 4.90 Å². The van der Waals surface area contributed by atoms with E-state index in [1.165, 1.54) is 44.0 Å². The summed E-state index contributed by atoms with van der Waals surface area (Å²) in [6.07, 6.45) is 2.71. The van der Waals surface area contributed by atoms with Gasteiger partial charge in [0.1, 0.15) is 0 Å². The Balaban J connectivity index is 3.06. The highest BCUT2D eigenvalue weighted by molar-refractivity contribution is 7.99. The predicted molar refractivity (Wildman–Crippen MR) is 60.0 cm³/mol. The van der Waals surface area contributed by atoms with Gasteiger partial charge in [0.15, 0.2) is 0 Å². The number of thioether (sulfide) groups is 1. The largest absolute Gasteiger partial charge is 0.303 e. The van der Waals surface area contributed by atoms with Gasteiger partial charge in [-0.25, -0.2) is 0 Å². The second-order valence-corrected chi connectivity index (χ2v) is 4.22. The second kappa shape index (κ2) is 9.40. The Morgan fingerprint density at radius 1 is 1.00 bits per heavy atom. The molecule has 0 aliphatic heterocycles. The van der Waals surface area contributed by atoms with E-state index in [1.807, 2.05) is 0 Å². The van der Waals surface area contributed by atoms with Crippen LogP contribution in [0.25, 0.3) is 0 Å². The first-order valence-electron chi connectivity index (χ1n) is 5.15. The van der Waals surface area contributed by atoms with E-state index in [9.17, 15) is 0 Å². The van der Waals surface area contributed by atoms with Gasteiger partial charge >= 0.3 is 0 Å². The molecule has 0 spiro atoms. The van der Waals surface area contributed by atoms with Crippen LogP contribution in [0.5, 0.6) is 0 Å². The van der Waals surface area contributed by atoms with Gasteiger partial charge in [-0.2, -0.15) is 11.8 Å². The first-order valence-corrected chi connectivity index (χ1v) is 6.30. The summed E-state index contributed by atoms with van der Waals surface area (Å²) in [7, 11) is 0. The Morgan fingerprint density at radius 3 is 2.17 bits per heavy atom. The van der Waals surface area contributed by atoms with Crippen LogP contribution in [0.2, 0.25) is 0 Å². The highest BCUT2D eigenvalue weighted by Crippen LogP contribution is 2.04. The molecule has 0 bridgehead atoms. The van der Waals surface area contributed by atoms with Crippen molar-refractivity contribution in [1.82, 2.24) is 4.90 Å². The van der Waals surface area contributed by atoms with E-state index in [0.29, 0.717) is 0 Å². The van der Waals surface area contributed by atoms with E-state index in [1.54, 1.807) is 0 Å². The van der Waals surface area contributed by atoms with Crippen molar-refractivity contribution in [2.45, 2.75) is 33.6 Å². The van der Waals surface area contributed by atoms with Crippen LogP contribution in [0, 0.1) is 0 Å². The molecule has 12 heavy (non-hydrogen) atoms. The van der Waals surface area contributed by atoms with Crippen LogP contribution in [0.15, 0.2) is 0 Å². The van der Waals surface area contributed by atoms with Crippen LogP contribution in [-0.4, -0.2) is 36.0 Å². The molecule has 0 atom stereocenters. The predicted octanol–water partition coefficient (Wildman–Crippen LogP) is 2.86. The number of rotatable bonds is 8. The molecule has 0 rings (SSSR count). The molecular weight excluding hydrogens is 166 g/mol. The average molecular weight is 189 g/mol. The van der Waals surface area contributed by atoms with Crippen molar-refractivity contribution in [1.29, 1.82) is 0 Å². The lowest BCUT2D eigenvalue weighted by Crippen LogP contribution is -2.25. The van der Waals surface area contributed by atoms with Crippen LogP contribution in [-0.2, 0) is 0 Å². The van der Waals surface area contributed by atoms with Gasteiger partial charge in [-0.3, -0.25) is 0 Å². The number of hydrogen-bond donors (Lipinski definition) is 0. The van der Waals surface area contributed by atoms with Gasteiger partial charge in [0.2, 0.25) is 0 Å². The SMILES string of the molecule is CCCCSCCN(CC)CC. The lowest BCUT2D eigenvalue weighted by molar-refractivity contribution is 0.324. The summed E-state index contributed by atoms with van der Waals surface area (Å²) in [5.41, 5.74) is 0. The van der Waals surface area contributed by atoms with Gasteiger partial charge in [-0.05, 0) is 25.3 Å². The molecule has 0 aliphatic rings. The first kappa shape index (κ1) is 12.3. The molecule has 0 radical (unpaired) electrons. The number of unbranched alkanes of at least 4 members (excludes halogenated alkanes) is 1. The van der Waals surface area contributed by atoms with E-state index in [0.717, 1.165) is 0 Å². The van der Waals surface area contributed by atoms with Crippen LogP contribution in [0.1, 0.15) is 33.6 Å². The van der Waals surface area contributed by atoms with Crippen molar-refractivity contribution in [3.63, 3.8) is 0 Å². The lowest BCUT2D eigenvalue weighted by atomic mass is 10.4. The number of hydrogen-bond acceptors (Lipinski definition) is 2. The van der Waals surface area contributed by atoms with Crippen molar-refractivity contribution in [2.24, 2.45) is 0 Å². The third kappa shape index (κ3) is 6.99. The zero-order chi connectivity index (χ0) is 9.23. The smallest absolute Gasteiger partial charge is 0.00721 e. The minimum Gasteiger partial charge on any atom is -0.303 e. The Labute approximate surface area is 81.9 Å². The molecule has 0 saturated heterocycles. The molecule has 1 nitrogen and oxygen atoms in total. The monoisotopic (exact) mass is 189 g/mol. The van der Waals surface area contributed by atoms with E-state index in [2.05, 4.69) is 37.4 Å². The summed E-state index contributed by atoms with van der Waals surface area (Å²) in [5.74, 6) is 2.65. The maximum Gasteiger partial charge on any atom is 0.00721 e. The Bertz CT molecular complexity index is 81.9. The molecule has 0 aromatic rings. The van der Waals surface area contributed by atoms with E-state index in [4.69, 9.17) is 0 Å². The number of nitrogens with zero attached hydrogens (tertiary/aromatic N) is 1. The lowest BCUT2D eigenvalue weighted by Gasteiger charge is -2.17.